The second-order valence-electron chi connectivity index (χ2n) is 5.52. The Hall–Kier alpha value is -1.32. The number of amides is 1. The second-order valence-corrected chi connectivity index (χ2v) is 6.55. The van der Waals surface area contributed by atoms with Crippen LogP contribution in [-0.4, -0.2) is 47.2 Å². The number of aliphatic carboxylic acids is 1. The molecule has 1 aliphatic rings. The summed E-state index contributed by atoms with van der Waals surface area (Å²) in [6, 6.07) is 2.86. The number of nitrogens with zero attached hydrogens (tertiary/aromatic N) is 1. The lowest BCUT2D eigenvalue weighted by molar-refractivity contribution is -0.188. The number of likely N-dealkylation sites (tertiary alicyclic amines) is 1. The summed E-state index contributed by atoms with van der Waals surface area (Å²) in [6.07, 6.45) is -4.59. The van der Waals surface area contributed by atoms with Gasteiger partial charge in [0.2, 0.25) is 5.91 Å². The summed E-state index contributed by atoms with van der Waals surface area (Å²) >= 11 is 1.46. The number of carboxylic acid groups (broad SMARTS) is 1. The lowest BCUT2D eigenvalue weighted by Gasteiger charge is -2.23. The molecule has 0 aliphatic carbocycles. The van der Waals surface area contributed by atoms with E-state index in [0.717, 1.165) is 4.88 Å². The van der Waals surface area contributed by atoms with Crippen molar-refractivity contribution in [2.75, 3.05) is 13.1 Å². The first kappa shape index (κ1) is 20.7. The van der Waals surface area contributed by atoms with Gasteiger partial charge in [-0.2, -0.15) is 13.2 Å². The molecular weight excluding hydrogens is 369 g/mol. The summed E-state index contributed by atoms with van der Waals surface area (Å²) in [7, 11) is 0. The predicted molar refractivity (Wildman–Crippen MR) is 85.1 cm³/mol. The molecule has 1 aromatic rings. The van der Waals surface area contributed by atoms with E-state index in [1.165, 1.54) is 23.2 Å². The van der Waals surface area contributed by atoms with Gasteiger partial charge in [-0.1, -0.05) is 6.07 Å². The molecule has 136 valence electrons. The van der Waals surface area contributed by atoms with Gasteiger partial charge < -0.3 is 10.4 Å². The van der Waals surface area contributed by atoms with Crippen molar-refractivity contribution < 1.29 is 27.9 Å². The highest BCUT2D eigenvalue weighted by atomic mass is 35.5. The number of hydrogen-bond donors (Lipinski definition) is 2. The molecule has 2 N–H and O–H groups in total. The number of alkyl halides is 3. The van der Waals surface area contributed by atoms with Crippen molar-refractivity contribution in [2.45, 2.75) is 25.7 Å². The highest BCUT2D eigenvalue weighted by Crippen LogP contribution is 2.38. The van der Waals surface area contributed by atoms with Gasteiger partial charge >= 0.3 is 12.1 Å². The van der Waals surface area contributed by atoms with Crippen LogP contribution in [0.1, 0.15) is 11.8 Å². The third-order valence-corrected chi connectivity index (χ3v) is 4.91. The molecule has 0 bridgehead atoms. The van der Waals surface area contributed by atoms with Crippen LogP contribution in [0.15, 0.2) is 17.5 Å². The number of rotatable bonds is 5. The largest absolute Gasteiger partial charge is 0.481 e. The van der Waals surface area contributed by atoms with Gasteiger partial charge in [-0.25, -0.2) is 0 Å². The smallest absolute Gasteiger partial charge is 0.393 e. The highest BCUT2D eigenvalue weighted by Gasteiger charge is 2.53. The van der Waals surface area contributed by atoms with Crippen LogP contribution in [0.4, 0.5) is 13.2 Å². The molecule has 1 aliphatic heterocycles. The van der Waals surface area contributed by atoms with E-state index in [-0.39, 0.29) is 19.0 Å². The van der Waals surface area contributed by atoms with Crippen LogP contribution in [0.25, 0.3) is 0 Å². The normalized spacial score (nSPS) is 22.7. The van der Waals surface area contributed by atoms with Crippen molar-refractivity contribution >= 4 is 35.6 Å². The monoisotopic (exact) mass is 386 g/mol. The molecular formula is C14H18ClF3N2O3S. The molecule has 5 nitrogen and oxygen atoms in total. The maximum absolute atomic E-state index is 13.0. The van der Waals surface area contributed by atoms with Crippen molar-refractivity contribution in [1.29, 1.82) is 0 Å². The molecule has 1 amide bonds. The Morgan fingerprint density at radius 2 is 2.12 bits per heavy atom. The summed E-state index contributed by atoms with van der Waals surface area (Å²) in [5, 5.41) is 13.5. The van der Waals surface area contributed by atoms with E-state index in [1.54, 1.807) is 0 Å². The first-order chi connectivity index (χ1) is 10.7. The van der Waals surface area contributed by atoms with E-state index in [9.17, 15) is 22.8 Å². The first-order valence-corrected chi connectivity index (χ1v) is 7.91. The third-order valence-electron chi connectivity index (χ3n) is 4.03. The van der Waals surface area contributed by atoms with E-state index in [1.807, 2.05) is 17.5 Å². The Morgan fingerprint density at radius 3 is 2.58 bits per heavy atom. The summed E-state index contributed by atoms with van der Waals surface area (Å²) in [4.78, 5) is 25.3. The Balaban J connectivity index is 0.00000288. The zero-order valence-electron chi connectivity index (χ0n) is 12.7. The van der Waals surface area contributed by atoms with Crippen molar-refractivity contribution in [3.63, 3.8) is 0 Å². The zero-order chi connectivity index (χ0) is 17.2. The van der Waals surface area contributed by atoms with E-state index in [2.05, 4.69) is 5.32 Å². The zero-order valence-corrected chi connectivity index (χ0v) is 14.4. The number of nitrogens with one attached hydrogen (secondary N) is 1. The topological polar surface area (TPSA) is 69.6 Å². The van der Waals surface area contributed by atoms with Crippen molar-refractivity contribution in [2.24, 2.45) is 11.8 Å². The number of halogens is 4. The minimum Gasteiger partial charge on any atom is -0.481 e. The molecule has 24 heavy (non-hydrogen) atoms. The van der Waals surface area contributed by atoms with Crippen molar-refractivity contribution in [3.05, 3.63) is 22.4 Å². The number of carbonyl (C=O) groups excluding carboxylic acids is 1. The Labute approximate surface area is 147 Å². The molecule has 0 spiro atoms. The molecule has 1 aromatic heterocycles. The van der Waals surface area contributed by atoms with E-state index in [0.29, 0.717) is 6.54 Å². The third kappa shape index (κ3) is 4.84. The van der Waals surface area contributed by atoms with Crippen LogP contribution in [-0.2, 0) is 16.1 Å². The Bertz CT molecular complexity index is 568. The van der Waals surface area contributed by atoms with Gasteiger partial charge in [-0.3, -0.25) is 14.5 Å². The molecule has 10 heteroatoms. The van der Waals surface area contributed by atoms with E-state index < -0.39 is 42.5 Å². The van der Waals surface area contributed by atoms with Gasteiger partial charge in [0.15, 0.2) is 0 Å². The van der Waals surface area contributed by atoms with Crippen LogP contribution >= 0.6 is 23.7 Å². The van der Waals surface area contributed by atoms with Crippen LogP contribution in [0.5, 0.6) is 0 Å². The van der Waals surface area contributed by atoms with Gasteiger partial charge in [-0.15, -0.1) is 23.7 Å². The molecule has 1 unspecified atom stereocenters. The van der Waals surface area contributed by atoms with Gasteiger partial charge in [0.05, 0.1) is 24.4 Å². The molecule has 0 aromatic carbocycles. The van der Waals surface area contributed by atoms with Crippen LogP contribution in [0.2, 0.25) is 0 Å². The Morgan fingerprint density at radius 1 is 1.46 bits per heavy atom. The molecule has 0 saturated carbocycles. The number of carboxylic acids is 1. The van der Waals surface area contributed by atoms with E-state index >= 15 is 0 Å². The SMILES string of the molecule is CC(C(=O)NCc1cccs1)N1C[C@@H](C(F)(F)F)[C@H](C(=O)O)C1.Cl. The Kier molecular flexibility index (Phi) is 7.06. The standard InChI is InChI=1S/C14H17F3N2O3S.ClH/c1-8(12(20)18-5-9-3-2-4-23-9)19-6-10(13(21)22)11(7-19)14(15,16)17;/h2-4,8,10-11H,5-7H2,1H3,(H,18,20)(H,21,22);1H/t8?,10-,11-;/m1./s1. The molecule has 1 saturated heterocycles. The van der Waals surface area contributed by atoms with Crippen molar-refractivity contribution in [1.82, 2.24) is 10.2 Å². The molecule has 2 heterocycles. The first-order valence-electron chi connectivity index (χ1n) is 7.03. The van der Waals surface area contributed by atoms with Crippen LogP contribution in [0.3, 0.4) is 0 Å². The maximum Gasteiger partial charge on any atom is 0.393 e. The molecule has 3 atom stereocenters. The summed E-state index contributed by atoms with van der Waals surface area (Å²) in [5.41, 5.74) is 0. The minimum absolute atomic E-state index is 0. The number of hydrogen-bond acceptors (Lipinski definition) is 4. The quantitative estimate of drug-likeness (QED) is 0.815. The van der Waals surface area contributed by atoms with Gasteiger partial charge in [0.25, 0.3) is 0 Å². The average Bonchev–Trinajstić information content (AvgIpc) is 3.12. The second kappa shape index (κ2) is 8.17. The van der Waals surface area contributed by atoms with Gasteiger partial charge in [0.1, 0.15) is 0 Å². The lowest BCUT2D eigenvalue weighted by atomic mass is 9.96. The maximum atomic E-state index is 13.0. The van der Waals surface area contributed by atoms with Crippen LogP contribution in [0, 0.1) is 11.8 Å². The fraction of sp³-hybridized carbons (Fsp3) is 0.571. The fourth-order valence-electron chi connectivity index (χ4n) is 2.63. The van der Waals surface area contributed by atoms with Crippen LogP contribution < -0.4 is 5.32 Å². The minimum atomic E-state index is -4.59. The molecule has 2 rings (SSSR count). The predicted octanol–water partition coefficient (Wildman–Crippen LogP) is 2.37. The molecule has 1 fully saturated rings. The fourth-order valence-corrected chi connectivity index (χ4v) is 3.28. The van der Waals surface area contributed by atoms with Crippen molar-refractivity contribution in [3.8, 4) is 0 Å². The summed E-state index contributed by atoms with van der Waals surface area (Å²) < 4.78 is 38.9. The molecule has 0 radical (unpaired) electrons. The highest BCUT2D eigenvalue weighted by molar-refractivity contribution is 7.09. The van der Waals surface area contributed by atoms with Gasteiger partial charge in [-0.05, 0) is 18.4 Å². The summed E-state index contributed by atoms with van der Waals surface area (Å²) in [5.74, 6) is -5.39. The number of carbonyl (C=O) groups is 2. The van der Waals surface area contributed by atoms with E-state index in [4.69, 9.17) is 5.11 Å². The van der Waals surface area contributed by atoms with Gasteiger partial charge in [0, 0.05) is 18.0 Å². The summed E-state index contributed by atoms with van der Waals surface area (Å²) in [6.45, 7) is 1.03. The average molecular weight is 387 g/mol. The lowest BCUT2D eigenvalue weighted by Crippen LogP contribution is -2.44. The number of thiophene rings is 1.